The average Bonchev–Trinajstić information content (AvgIpc) is 3.36. The number of aryl methyl sites for hydroxylation is 1. The van der Waals surface area contributed by atoms with Gasteiger partial charge in [0.25, 0.3) is 5.91 Å². The predicted octanol–water partition coefficient (Wildman–Crippen LogP) is 3.18. The van der Waals surface area contributed by atoms with Crippen LogP contribution in [-0.2, 0) is 12.7 Å². The van der Waals surface area contributed by atoms with Crippen molar-refractivity contribution in [2.75, 3.05) is 6.54 Å². The van der Waals surface area contributed by atoms with Crippen LogP contribution in [0.2, 0.25) is 0 Å². The number of alkyl halides is 3. The lowest BCUT2D eigenvalue weighted by Crippen LogP contribution is -2.31. The third-order valence-electron chi connectivity index (χ3n) is 4.24. The zero-order valence-electron chi connectivity index (χ0n) is 13.1. The summed E-state index contributed by atoms with van der Waals surface area (Å²) in [6, 6.07) is 3.04. The van der Waals surface area contributed by atoms with Crippen LogP contribution in [0.4, 0.5) is 13.2 Å². The number of pyridine rings is 1. The molecule has 1 fully saturated rings. The Morgan fingerprint density at radius 2 is 2.04 bits per heavy atom. The van der Waals surface area contributed by atoms with Gasteiger partial charge in [-0.25, -0.2) is 0 Å². The van der Waals surface area contributed by atoms with Gasteiger partial charge < -0.3 is 9.88 Å². The van der Waals surface area contributed by atoms with Gasteiger partial charge in [-0.2, -0.15) is 13.2 Å². The van der Waals surface area contributed by atoms with E-state index < -0.39 is 23.1 Å². The summed E-state index contributed by atoms with van der Waals surface area (Å²) in [6.07, 6.45) is -1.03. The van der Waals surface area contributed by atoms with Gasteiger partial charge in [0.05, 0.1) is 11.1 Å². The zero-order valence-corrected chi connectivity index (χ0v) is 13.1. The number of benzene rings is 1. The normalized spacial score (nSPS) is 14.8. The molecular weight excluding hydrogens is 321 g/mol. The van der Waals surface area contributed by atoms with Crippen molar-refractivity contribution >= 4 is 16.8 Å². The van der Waals surface area contributed by atoms with Crippen LogP contribution < -0.4 is 10.7 Å². The van der Waals surface area contributed by atoms with E-state index in [0.29, 0.717) is 24.5 Å². The fourth-order valence-electron chi connectivity index (χ4n) is 2.65. The van der Waals surface area contributed by atoms with Crippen molar-refractivity contribution in [1.82, 2.24) is 9.88 Å². The van der Waals surface area contributed by atoms with E-state index in [2.05, 4.69) is 5.32 Å². The predicted molar refractivity (Wildman–Crippen MR) is 83.9 cm³/mol. The Hall–Kier alpha value is -2.31. The first-order valence-electron chi connectivity index (χ1n) is 7.84. The van der Waals surface area contributed by atoms with Gasteiger partial charge in [0, 0.05) is 24.7 Å². The zero-order chi connectivity index (χ0) is 17.5. The van der Waals surface area contributed by atoms with E-state index in [9.17, 15) is 22.8 Å². The highest BCUT2D eigenvalue weighted by atomic mass is 19.4. The number of rotatable bonds is 4. The van der Waals surface area contributed by atoms with Crippen molar-refractivity contribution in [1.29, 1.82) is 0 Å². The van der Waals surface area contributed by atoms with Crippen LogP contribution in [-0.4, -0.2) is 17.0 Å². The van der Waals surface area contributed by atoms with E-state index in [4.69, 9.17) is 0 Å². The number of carbonyl (C=O) groups is 1. The standard InChI is InChI=1S/C17H17F3N2O2/c1-2-22-9-13(16(24)21-8-10-3-4-10)15(23)12-7-11(17(18,19)20)5-6-14(12)22/h5-7,9-10H,2-4,8H2,1H3,(H,21,24). The smallest absolute Gasteiger partial charge is 0.352 e. The Balaban J connectivity index is 2.10. The molecule has 2 aromatic rings. The number of carbonyl (C=O) groups excluding carboxylic acids is 1. The van der Waals surface area contributed by atoms with Crippen molar-refractivity contribution in [3.05, 3.63) is 45.7 Å². The minimum atomic E-state index is -4.54. The molecule has 7 heteroatoms. The number of nitrogens with one attached hydrogen (secondary N) is 1. The summed E-state index contributed by atoms with van der Waals surface area (Å²) >= 11 is 0. The third-order valence-corrected chi connectivity index (χ3v) is 4.24. The first-order chi connectivity index (χ1) is 11.3. The number of nitrogens with zero attached hydrogens (tertiary/aromatic N) is 1. The Bertz CT molecular complexity index is 851. The second-order valence-electron chi connectivity index (χ2n) is 6.04. The molecule has 0 radical (unpaired) electrons. The summed E-state index contributed by atoms with van der Waals surface area (Å²) in [5.74, 6) is -0.0898. The second-order valence-corrected chi connectivity index (χ2v) is 6.04. The molecule has 0 spiro atoms. The Labute approximate surface area is 136 Å². The van der Waals surface area contributed by atoms with Crippen molar-refractivity contribution in [2.45, 2.75) is 32.5 Å². The SMILES string of the molecule is CCn1cc(C(=O)NCC2CC2)c(=O)c2cc(C(F)(F)F)ccc21. The van der Waals surface area contributed by atoms with Gasteiger partial charge in [-0.1, -0.05) is 0 Å². The summed E-state index contributed by atoms with van der Waals surface area (Å²) in [4.78, 5) is 24.8. The number of hydrogen-bond acceptors (Lipinski definition) is 2. The quantitative estimate of drug-likeness (QED) is 0.931. The second kappa shape index (κ2) is 5.96. The molecule has 1 heterocycles. The van der Waals surface area contributed by atoms with Crippen LogP contribution in [0.3, 0.4) is 0 Å². The number of aromatic nitrogens is 1. The molecule has 1 N–H and O–H groups in total. The summed E-state index contributed by atoms with van der Waals surface area (Å²) in [5.41, 5.74) is -1.31. The van der Waals surface area contributed by atoms with E-state index in [1.165, 1.54) is 12.3 Å². The molecule has 0 saturated heterocycles. The minimum absolute atomic E-state index is 0.0919. The maximum absolute atomic E-state index is 12.9. The van der Waals surface area contributed by atoms with Crippen LogP contribution in [0.15, 0.2) is 29.2 Å². The lowest BCUT2D eigenvalue weighted by Gasteiger charge is -2.13. The molecule has 1 aliphatic rings. The van der Waals surface area contributed by atoms with Gasteiger partial charge in [-0.15, -0.1) is 0 Å². The van der Waals surface area contributed by atoms with Crippen molar-refractivity contribution in [3.8, 4) is 0 Å². The molecule has 24 heavy (non-hydrogen) atoms. The molecular formula is C17H17F3N2O2. The first-order valence-corrected chi connectivity index (χ1v) is 7.84. The average molecular weight is 338 g/mol. The maximum Gasteiger partial charge on any atom is 0.416 e. The van der Waals surface area contributed by atoms with Crippen LogP contribution in [0.5, 0.6) is 0 Å². The van der Waals surface area contributed by atoms with Crippen molar-refractivity contribution in [3.63, 3.8) is 0 Å². The molecule has 1 aromatic heterocycles. The molecule has 128 valence electrons. The van der Waals surface area contributed by atoms with E-state index in [1.54, 1.807) is 11.5 Å². The molecule has 0 unspecified atom stereocenters. The Morgan fingerprint density at radius 1 is 1.33 bits per heavy atom. The molecule has 0 bridgehead atoms. The fourth-order valence-corrected chi connectivity index (χ4v) is 2.65. The lowest BCUT2D eigenvalue weighted by molar-refractivity contribution is -0.137. The van der Waals surface area contributed by atoms with Crippen LogP contribution in [0, 0.1) is 5.92 Å². The van der Waals surface area contributed by atoms with Crippen molar-refractivity contribution in [2.24, 2.45) is 5.92 Å². The van der Waals surface area contributed by atoms with Gasteiger partial charge in [-0.05, 0) is 43.9 Å². The molecule has 0 atom stereocenters. The molecule has 0 aliphatic heterocycles. The molecule has 1 saturated carbocycles. The van der Waals surface area contributed by atoms with Crippen LogP contribution >= 0.6 is 0 Å². The monoisotopic (exact) mass is 338 g/mol. The van der Waals surface area contributed by atoms with E-state index in [0.717, 1.165) is 25.0 Å². The van der Waals surface area contributed by atoms with Gasteiger partial charge in [0.1, 0.15) is 5.56 Å². The van der Waals surface area contributed by atoms with Crippen LogP contribution in [0.25, 0.3) is 10.9 Å². The molecule has 1 amide bonds. The summed E-state index contributed by atoms with van der Waals surface area (Å²) in [6.45, 7) is 2.73. The van der Waals surface area contributed by atoms with E-state index in [-0.39, 0.29) is 10.9 Å². The van der Waals surface area contributed by atoms with E-state index in [1.807, 2.05) is 0 Å². The van der Waals surface area contributed by atoms with Crippen molar-refractivity contribution < 1.29 is 18.0 Å². The largest absolute Gasteiger partial charge is 0.416 e. The Kier molecular flexibility index (Phi) is 4.11. The number of amides is 1. The third kappa shape index (κ3) is 3.16. The minimum Gasteiger partial charge on any atom is -0.352 e. The highest BCUT2D eigenvalue weighted by Gasteiger charge is 2.31. The topological polar surface area (TPSA) is 51.1 Å². The molecule has 4 nitrogen and oxygen atoms in total. The van der Waals surface area contributed by atoms with Gasteiger partial charge >= 0.3 is 6.18 Å². The van der Waals surface area contributed by atoms with Gasteiger partial charge in [0.2, 0.25) is 5.43 Å². The summed E-state index contributed by atoms with van der Waals surface area (Å²) in [7, 11) is 0. The van der Waals surface area contributed by atoms with E-state index >= 15 is 0 Å². The number of halogens is 3. The molecule has 3 rings (SSSR count). The summed E-state index contributed by atoms with van der Waals surface area (Å²) < 4.78 is 40.4. The highest BCUT2D eigenvalue weighted by molar-refractivity contribution is 5.97. The maximum atomic E-state index is 12.9. The Morgan fingerprint density at radius 3 is 2.62 bits per heavy atom. The summed E-state index contributed by atoms with van der Waals surface area (Å²) in [5, 5.41) is 2.60. The fraction of sp³-hybridized carbons (Fsp3) is 0.412. The number of fused-ring (bicyclic) bond motifs is 1. The highest BCUT2D eigenvalue weighted by Crippen LogP contribution is 2.31. The van der Waals surface area contributed by atoms with Crippen LogP contribution in [0.1, 0.15) is 35.7 Å². The molecule has 1 aromatic carbocycles. The van der Waals surface area contributed by atoms with Gasteiger partial charge in [-0.3, -0.25) is 9.59 Å². The molecule has 1 aliphatic carbocycles. The lowest BCUT2D eigenvalue weighted by atomic mass is 10.1. The van der Waals surface area contributed by atoms with Gasteiger partial charge in [0.15, 0.2) is 0 Å². The number of hydrogen-bond donors (Lipinski definition) is 1. The first kappa shape index (κ1) is 16.5.